The van der Waals surface area contributed by atoms with E-state index in [1.54, 1.807) is 0 Å². The van der Waals surface area contributed by atoms with Crippen molar-refractivity contribution in [3.8, 4) is 0 Å². The van der Waals surface area contributed by atoms with E-state index in [0.29, 0.717) is 4.47 Å². The lowest BCUT2D eigenvalue weighted by Crippen LogP contribution is -2.03. The number of halogens is 1. The zero-order valence-electron chi connectivity index (χ0n) is 8.17. The molecule has 0 aliphatic rings. The van der Waals surface area contributed by atoms with Gasteiger partial charge in [0.2, 0.25) is 0 Å². The van der Waals surface area contributed by atoms with Gasteiger partial charge in [0.1, 0.15) is 0 Å². The van der Waals surface area contributed by atoms with Gasteiger partial charge in [-0.2, -0.15) is 4.67 Å². The molecular formula is C7H9BrO7P2. The van der Waals surface area contributed by atoms with E-state index in [4.69, 9.17) is 15.0 Å². The smallest absolute Gasteiger partial charge is 0.324 e. The van der Waals surface area contributed by atoms with Crippen molar-refractivity contribution in [1.29, 1.82) is 0 Å². The Hall–Kier alpha value is -0.0400. The molecule has 0 aromatic heterocycles. The van der Waals surface area contributed by atoms with E-state index in [-0.39, 0.29) is 5.56 Å². The van der Waals surface area contributed by atoms with Crippen LogP contribution in [-0.4, -0.2) is 19.9 Å². The summed E-state index contributed by atoms with van der Waals surface area (Å²) < 4.78 is 26.5. The highest BCUT2D eigenvalue weighted by Gasteiger charge is 2.47. The molecule has 0 fully saturated rings. The summed E-state index contributed by atoms with van der Waals surface area (Å²) in [7, 11) is -9.83. The first-order chi connectivity index (χ1) is 7.68. The summed E-state index contributed by atoms with van der Waals surface area (Å²) in [5.74, 6) is 0. The molecule has 96 valence electrons. The van der Waals surface area contributed by atoms with Crippen LogP contribution in [0.4, 0.5) is 0 Å². The number of hydrogen-bond donors (Lipinski definition) is 4. The van der Waals surface area contributed by atoms with Gasteiger partial charge in [-0.25, -0.2) is 5.26 Å². The molecule has 0 heterocycles. The summed E-state index contributed by atoms with van der Waals surface area (Å²) in [5.41, 5.74) is -0.110. The van der Waals surface area contributed by atoms with Gasteiger partial charge in [0.15, 0.2) is 5.40 Å². The molecule has 0 aliphatic carbocycles. The molecular weight excluding hydrogens is 338 g/mol. The minimum Gasteiger partial charge on any atom is -0.324 e. The molecule has 0 aliphatic heterocycles. The first-order valence-electron chi connectivity index (χ1n) is 4.15. The fraction of sp³-hybridized carbons (Fsp3) is 0.143. The van der Waals surface area contributed by atoms with Gasteiger partial charge in [-0.15, -0.1) is 0 Å². The largest absolute Gasteiger partial charge is 0.374 e. The Labute approximate surface area is 105 Å². The van der Waals surface area contributed by atoms with Crippen LogP contribution in [0.3, 0.4) is 0 Å². The second-order valence-electron chi connectivity index (χ2n) is 3.16. The summed E-state index contributed by atoms with van der Waals surface area (Å²) in [6.45, 7) is 0. The third kappa shape index (κ3) is 3.71. The van der Waals surface area contributed by atoms with Gasteiger partial charge in [-0.1, -0.05) is 28.1 Å². The van der Waals surface area contributed by atoms with Crippen LogP contribution in [0.25, 0.3) is 0 Å². The lowest BCUT2D eigenvalue weighted by Gasteiger charge is -2.21. The molecule has 4 N–H and O–H groups in total. The second-order valence-corrected chi connectivity index (χ2v) is 7.99. The molecule has 1 unspecified atom stereocenters. The van der Waals surface area contributed by atoms with Crippen molar-refractivity contribution >= 4 is 31.1 Å². The van der Waals surface area contributed by atoms with Crippen molar-refractivity contribution in [1.82, 2.24) is 0 Å². The van der Waals surface area contributed by atoms with E-state index < -0.39 is 20.6 Å². The average Bonchev–Trinajstić information content (AvgIpc) is 2.19. The van der Waals surface area contributed by atoms with E-state index >= 15 is 0 Å². The van der Waals surface area contributed by atoms with Gasteiger partial charge >= 0.3 is 15.2 Å². The molecule has 0 radical (unpaired) electrons. The molecule has 1 aromatic rings. The summed E-state index contributed by atoms with van der Waals surface area (Å²) in [5, 5.41) is 6.16. The highest BCUT2D eigenvalue weighted by molar-refractivity contribution is 9.10. The van der Waals surface area contributed by atoms with E-state index in [1.807, 2.05) is 0 Å². The SMILES string of the molecule is O=P(O)(O)[C@@H](c1ccc(Br)cc1)P(=O)(O)OO. The van der Waals surface area contributed by atoms with Gasteiger partial charge in [0.25, 0.3) is 0 Å². The quantitative estimate of drug-likeness (QED) is 0.374. The van der Waals surface area contributed by atoms with Crippen molar-refractivity contribution in [3.63, 3.8) is 0 Å². The van der Waals surface area contributed by atoms with Crippen molar-refractivity contribution in [2.24, 2.45) is 0 Å². The fourth-order valence-corrected chi connectivity index (χ4v) is 4.36. The first kappa shape index (κ1) is 15.0. The lowest BCUT2D eigenvalue weighted by atomic mass is 10.2. The molecule has 0 saturated heterocycles. The molecule has 1 rings (SSSR count). The Morgan fingerprint density at radius 3 is 1.94 bits per heavy atom. The highest BCUT2D eigenvalue weighted by Crippen LogP contribution is 2.71. The van der Waals surface area contributed by atoms with Gasteiger partial charge < -0.3 is 14.7 Å². The predicted molar refractivity (Wildman–Crippen MR) is 62.5 cm³/mol. The molecule has 0 spiro atoms. The van der Waals surface area contributed by atoms with Crippen LogP contribution in [0, 0.1) is 0 Å². The molecule has 7 nitrogen and oxygen atoms in total. The standard InChI is InChI=1S/C7H9BrO7P2/c8-6-3-1-5(2-4-6)7(16(10,11)12)17(13,14)15-9/h1-4,7,9H,(H,13,14)(H2,10,11,12)/t7-/m1/s1. The maximum absolute atomic E-state index is 11.4. The van der Waals surface area contributed by atoms with Gasteiger partial charge in [-0.05, 0) is 17.7 Å². The summed E-state index contributed by atoms with van der Waals surface area (Å²) in [4.78, 5) is 27.3. The molecule has 1 aromatic carbocycles. The summed E-state index contributed by atoms with van der Waals surface area (Å²) in [6, 6.07) is 5.37. The molecule has 0 saturated carbocycles. The summed E-state index contributed by atoms with van der Waals surface area (Å²) in [6.07, 6.45) is 0. The van der Waals surface area contributed by atoms with Crippen molar-refractivity contribution in [2.45, 2.75) is 5.40 Å². The average molecular weight is 347 g/mol. The maximum Gasteiger partial charge on any atom is 0.374 e. The number of benzene rings is 1. The van der Waals surface area contributed by atoms with Gasteiger partial charge in [0.05, 0.1) is 0 Å². The Kier molecular flexibility index (Phi) is 4.68. The van der Waals surface area contributed by atoms with E-state index in [9.17, 15) is 14.0 Å². The summed E-state index contributed by atoms with van der Waals surface area (Å²) >= 11 is 3.11. The van der Waals surface area contributed by atoms with E-state index in [0.717, 1.165) is 0 Å². The third-order valence-electron chi connectivity index (χ3n) is 1.91. The monoisotopic (exact) mass is 346 g/mol. The molecule has 10 heteroatoms. The molecule has 17 heavy (non-hydrogen) atoms. The fourth-order valence-electron chi connectivity index (χ4n) is 1.25. The van der Waals surface area contributed by atoms with E-state index in [2.05, 4.69) is 20.6 Å². The Balaban J connectivity index is 3.31. The van der Waals surface area contributed by atoms with Crippen LogP contribution in [0.5, 0.6) is 0 Å². The Bertz CT molecular complexity index is 482. The van der Waals surface area contributed by atoms with Crippen molar-refractivity contribution in [2.75, 3.05) is 0 Å². The Morgan fingerprint density at radius 1 is 1.12 bits per heavy atom. The number of hydrogen-bond acceptors (Lipinski definition) is 4. The van der Waals surface area contributed by atoms with E-state index in [1.165, 1.54) is 24.3 Å². The number of rotatable bonds is 4. The Morgan fingerprint density at radius 2 is 1.59 bits per heavy atom. The van der Waals surface area contributed by atoms with Crippen LogP contribution in [0.15, 0.2) is 28.7 Å². The van der Waals surface area contributed by atoms with Crippen molar-refractivity contribution < 1.29 is 33.7 Å². The lowest BCUT2D eigenvalue weighted by molar-refractivity contribution is -0.146. The van der Waals surface area contributed by atoms with Crippen LogP contribution in [-0.2, 0) is 13.8 Å². The molecule has 0 amide bonds. The van der Waals surface area contributed by atoms with Crippen LogP contribution < -0.4 is 0 Å². The minimum atomic E-state index is -4.96. The van der Waals surface area contributed by atoms with Crippen molar-refractivity contribution in [3.05, 3.63) is 34.3 Å². The third-order valence-corrected chi connectivity index (χ3v) is 6.31. The van der Waals surface area contributed by atoms with Gasteiger partial charge in [0, 0.05) is 4.47 Å². The topological polar surface area (TPSA) is 124 Å². The maximum atomic E-state index is 11.4. The first-order valence-corrected chi connectivity index (χ1v) is 8.27. The zero-order chi connectivity index (χ0) is 13.3. The molecule has 2 atom stereocenters. The normalized spacial score (nSPS) is 17.5. The van der Waals surface area contributed by atoms with Crippen LogP contribution in [0.1, 0.15) is 11.0 Å². The zero-order valence-corrected chi connectivity index (χ0v) is 11.5. The van der Waals surface area contributed by atoms with Crippen LogP contribution in [0.2, 0.25) is 0 Å². The van der Waals surface area contributed by atoms with Crippen LogP contribution >= 0.6 is 31.1 Å². The second kappa shape index (κ2) is 5.30. The molecule has 0 bridgehead atoms. The minimum absolute atomic E-state index is 0.110. The highest BCUT2D eigenvalue weighted by atomic mass is 79.9. The van der Waals surface area contributed by atoms with Gasteiger partial charge in [-0.3, -0.25) is 9.13 Å². The predicted octanol–water partition coefficient (Wildman–Crippen LogP) is 2.30.